The number of carbonyl (C=O) groups is 1. The molecule has 0 aromatic heterocycles. The Morgan fingerprint density at radius 1 is 1.16 bits per heavy atom. The molecule has 0 aliphatic carbocycles. The van der Waals surface area contributed by atoms with Crippen molar-refractivity contribution in [1.82, 2.24) is 5.32 Å². The third kappa shape index (κ3) is 4.36. The largest absolute Gasteiger partial charge is 0.416 e. The molecule has 0 saturated carbocycles. The van der Waals surface area contributed by atoms with Crippen molar-refractivity contribution >= 4 is 17.3 Å². The minimum absolute atomic E-state index is 0.0256. The lowest BCUT2D eigenvalue weighted by Crippen LogP contribution is -2.61. The van der Waals surface area contributed by atoms with Crippen molar-refractivity contribution in [3.8, 4) is 0 Å². The van der Waals surface area contributed by atoms with E-state index in [1.165, 1.54) is 6.07 Å². The molecule has 1 saturated heterocycles. The van der Waals surface area contributed by atoms with Gasteiger partial charge in [0, 0.05) is 37.1 Å². The van der Waals surface area contributed by atoms with Crippen LogP contribution in [0.1, 0.15) is 31.4 Å². The van der Waals surface area contributed by atoms with Crippen LogP contribution < -0.4 is 15.1 Å². The van der Waals surface area contributed by atoms with Crippen molar-refractivity contribution in [2.45, 2.75) is 44.9 Å². The second-order valence-corrected chi connectivity index (χ2v) is 8.51. The highest BCUT2D eigenvalue weighted by molar-refractivity contribution is 5.82. The van der Waals surface area contributed by atoms with Crippen molar-refractivity contribution in [3.05, 3.63) is 59.7 Å². The molecular formula is C24H28F3N3O. The Bertz CT molecular complexity index is 931. The lowest BCUT2D eigenvalue weighted by molar-refractivity contribution is -0.137. The number of carbonyl (C=O) groups excluding carboxylic acids is 1. The Labute approximate surface area is 181 Å². The second kappa shape index (κ2) is 8.44. The van der Waals surface area contributed by atoms with E-state index in [2.05, 4.69) is 27.2 Å². The van der Waals surface area contributed by atoms with Crippen LogP contribution in [0.15, 0.2) is 48.5 Å². The maximum atomic E-state index is 13.3. The summed E-state index contributed by atoms with van der Waals surface area (Å²) in [5, 5.41) is 3.06. The quantitative estimate of drug-likeness (QED) is 0.775. The van der Waals surface area contributed by atoms with Gasteiger partial charge in [-0.15, -0.1) is 0 Å². The number of para-hydroxylation sites is 1. The maximum Gasteiger partial charge on any atom is 0.416 e. The minimum Gasteiger partial charge on any atom is -0.368 e. The zero-order valence-electron chi connectivity index (χ0n) is 17.8. The number of anilines is 2. The van der Waals surface area contributed by atoms with Gasteiger partial charge in [-0.2, -0.15) is 13.2 Å². The number of rotatable bonds is 4. The highest BCUT2D eigenvalue weighted by atomic mass is 19.4. The summed E-state index contributed by atoms with van der Waals surface area (Å²) in [6.45, 7) is 6.01. The molecule has 0 unspecified atom stereocenters. The van der Waals surface area contributed by atoms with Crippen LogP contribution >= 0.6 is 0 Å². The van der Waals surface area contributed by atoms with E-state index in [1.54, 1.807) is 6.07 Å². The van der Waals surface area contributed by atoms with Crippen LogP contribution in [0, 0.1) is 5.92 Å². The van der Waals surface area contributed by atoms with Crippen molar-refractivity contribution in [2.24, 2.45) is 5.92 Å². The Morgan fingerprint density at radius 2 is 1.90 bits per heavy atom. The highest BCUT2D eigenvalue weighted by Gasteiger charge is 2.43. The summed E-state index contributed by atoms with van der Waals surface area (Å²) < 4.78 is 39.9. The molecular weight excluding hydrogens is 403 g/mol. The fourth-order valence-corrected chi connectivity index (χ4v) is 4.62. The van der Waals surface area contributed by atoms with E-state index in [4.69, 9.17) is 0 Å². The molecule has 2 aliphatic heterocycles. The van der Waals surface area contributed by atoms with Gasteiger partial charge < -0.3 is 15.1 Å². The summed E-state index contributed by atoms with van der Waals surface area (Å²) in [4.78, 5) is 17.6. The van der Waals surface area contributed by atoms with Gasteiger partial charge in [0.2, 0.25) is 5.91 Å². The number of hydrogen-bond donors (Lipinski definition) is 1. The number of alkyl halides is 3. The average Bonchev–Trinajstić information content (AvgIpc) is 2.77. The molecule has 31 heavy (non-hydrogen) atoms. The first-order valence-corrected chi connectivity index (χ1v) is 10.8. The Kier molecular flexibility index (Phi) is 5.86. The fraction of sp³-hybridized carbons (Fsp3) is 0.458. The molecule has 1 fully saturated rings. The van der Waals surface area contributed by atoms with Crippen molar-refractivity contribution in [3.63, 3.8) is 0 Å². The van der Waals surface area contributed by atoms with Crippen LogP contribution in [-0.4, -0.2) is 37.6 Å². The number of piperazine rings is 1. The number of nitrogens with one attached hydrogen (secondary N) is 1. The molecule has 4 rings (SSSR count). The van der Waals surface area contributed by atoms with Gasteiger partial charge in [-0.25, -0.2) is 0 Å². The smallest absolute Gasteiger partial charge is 0.368 e. The lowest BCUT2D eigenvalue weighted by atomic mass is 9.82. The van der Waals surface area contributed by atoms with Crippen LogP contribution in [-0.2, 0) is 17.4 Å². The van der Waals surface area contributed by atoms with Crippen LogP contribution in [0.3, 0.4) is 0 Å². The molecule has 3 atom stereocenters. The highest BCUT2D eigenvalue weighted by Crippen LogP contribution is 2.40. The lowest BCUT2D eigenvalue weighted by Gasteiger charge is -2.50. The van der Waals surface area contributed by atoms with Crippen molar-refractivity contribution < 1.29 is 18.0 Å². The van der Waals surface area contributed by atoms with Gasteiger partial charge in [-0.05, 0) is 55.7 Å². The van der Waals surface area contributed by atoms with Gasteiger partial charge >= 0.3 is 6.18 Å². The Balaban J connectivity index is 1.68. The summed E-state index contributed by atoms with van der Waals surface area (Å²) in [7, 11) is 0. The normalized spacial score (nSPS) is 21.8. The van der Waals surface area contributed by atoms with E-state index in [9.17, 15) is 18.0 Å². The molecule has 2 aliphatic rings. The van der Waals surface area contributed by atoms with Gasteiger partial charge in [-0.3, -0.25) is 4.79 Å². The predicted octanol–water partition coefficient (Wildman–Crippen LogP) is 4.49. The van der Waals surface area contributed by atoms with E-state index in [-0.39, 0.29) is 18.0 Å². The zero-order valence-corrected chi connectivity index (χ0v) is 17.8. The summed E-state index contributed by atoms with van der Waals surface area (Å²) in [6, 6.07) is 13.9. The minimum atomic E-state index is -4.40. The molecule has 4 nitrogen and oxygen atoms in total. The van der Waals surface area contributed by atoms with Crippen LogP contribution in [0.2, 0.25) is 0 Å². The predicted molar refractivity (Wildman–Crippen MR) is 116 cm³/mol. The van der Waals surface area contributed by atoms with Crippen LogP contribution in [0.25, 0.3) is 0 Å². The first-order valence-electron chi connectivity index (χ1n) is 10.8. The molecule has 7 heteroatoms. The molecule has 1 amide bonds. The van der Waals surface area contributed by atoms with E-state index >= 15 is 0 Å². The molecule has 2 heterocycles. The van der Waals surface area contributed by atoms with E-state index in [1.807, 2.05) is 32.0 Å². The number of benzene rings is 2. The Morgan fingerprint density at radius 3 is 2.58 bits per heavy atom. The molecule has 2 aromatic rings. The van der Waals surface area contributed by atoms with Crippen LogP contribution in [0.5, 0.6) is 0 Å². The van der Waals surface area contributed by atoms with Gasteiger partial charge in [0.1, 0.15) is 0 Å². The van der Waals surface area contributed by atoms with E-state index in [0.29, 0.717) is 25.1 Å². The first-order chi connectivity index (χ1) is 14.8. The Hall–Kier alpha value is -2.70. The fourth-order valence-electron chi connectivity index (χ4n) is 4.62. The molecule has 0 spiro atoms. The summed E-state index contributed by atoms with van der Waals surface area (Å²) in [5.74, 6) is -0.487. The van der Waals surface area contributed by atoms with Crippen molar-refractivity contribution in [1.29, 1.82) is 0 Å². The summed E-state index contributed by atoms with van der Waals surface area (Å²) in [5.41, 5.74) is 1.86. The number of hydrogen-bond acceptors (Lipinski definition) is 3. The van der Waals surface area contributed by atoms with Crippen LogP contribution in [0.4, 0.5) is 24.5 Å². The van der Waals surface area contributed by atoms with Crippen molar-refractivity contribution in [2.75, 3.05) is 29.4 Å². The SMILES string of the molecule is CC[C@H](C)NC(=O)[C@@H]1Cc2cc(C(F)(F)F)ccc2N2CCN(c3ccccc3)C[C@H]12. The summed E-state index contributed by atoms with van der Waals surface area (Å²) in [6.07, 6.45) is -3.28. The zero-order chi connectivity index (χ0) is 22.2. The number of nitrogens with zero attached hydrogens (tertiary/aromatic N) is 2. The summed E-state index contributed by atoms with van der Waals surface area (Å²) >= 11 is 0. The second-order valence-electron chi connectivity index (χ2n) is 8.51. The molecule has 0 radical (unpaired) electrons. The molecule has 2 aromatic carbocycles. The molecule has 166 valence electrons. The third-order valence-electron chi connectivity index (χ3n) is 6.50. The van der Waals surface area contributed by atoms with E-state index < -0.39 is 17.7 Å². The van der Waals surface area contributed by atoms with Gasteiger partial charge in [0.05, 0.1) is 17.5 Å². The number of amides is 1. The molecule has 1 N–H and O–H groups in total. The van der Waals surface area contributed by atoms with E-state index in [0.717, 1.165) is 30.4 Å². The number of halogens is 3. The monoisotopic (exact) mass is 431 g/mol. The van der Waals surface area contributed by atoms with Gasteiger partial charge in [-0.1, -0.05) is 25.1 Å². The number of fused-ring (bicyclic) bond motifs is 3. The first kappa shape index (κ1) is 21.5. The topological polar surface area (TPSA) is 35.6 Å². The average molecular weight is 432 g/mol. The van der Waals surface area contributed by atoms with Gasteiger partial charge in [0.25, 0.3) is 0 Å². The standard InChI is InChI=1S/C24H28F3N3O/c1-3-16(2)28-23(31)20-14-17-13-18(24(25,26)27)9-10-21(17)30-12-11-29(15-22(20)30)19-7-5-4-6-8-19/h4-10,13,16,20,22H,3,11-12,14-15H2,1-2H3,(H,28,31)/t16-,20+,22+/m0/s1. The maximum absolute atomic E-state index is 13.3. The third-order valence-corrected chi connectivity index (χ3v) is 6.50. The molecule has 0 bridgehead atoms. The van der Waals surface area contributed by atoms with Gasteiger partial charge in [0.15, 0.2) is 0 Å².